The van der Waals surface area contributed by atoms with Crippen LogP contribution in [0, 0.1) is 0 Å². The molecule has 1 saturated heterocycles. The van der Waals surface area contributed by atoms with E-state index in [0.29, 0.717) is 18.0 Å². The number of hydrazine groups is 1. The topological polar surface area (TPSA) is 79.4 Å². The van der Waals surface area contributed by atoms with Gasteiger partial charge in [-0.25, -0.2) is 13.4 Å². The SMILES string of the molecule is CC(C)(C)c1csc([C@H]2CCN(NS(=O)(=O)c3ccc4cc(Cl)ccc4c3)C2=O)n1. The fourth-order valence-corrected chi connectivity index (χ4v) is 5.81. The first-order valence-electron chi connectivity index (χ1n) is 9.54. The molecule has 1 aliphatic heterocycles. The number of nitrogens with one attached hydrogen (secondary N) is 1. The molecule has 30 heavy (non-hydrogen) atoms. The summed E-state index contributed by atoms with van der Waals surface area (Å²) < 4.78 is 25.8. The maximum absolute atomic E-state index is 12.9. The van der Waals surface area contributed by atoms with Gasteiger partial charge in [0.15, 0.2) is 0 Å². The Balaban J connectivity index is 1.53. The van der Waals surface area contributed by atoms with Crippen LogP contribution in [-0.4, -0.2) is 30.9 Å². The predicted molar refractivity (Wildman–Crippen MR) is 119 cm³/mol. The fraction of sp³-hybridized carbons (Fsp3) is 0.333. The van der Waals surface area contributed by atoms with E-state index in [2.05, 4.69) is 30.6 Å². The van der Waals surface area contributed by atoms with Crippen molar-refractivity contribution in [3.05, 3.63) is 57.5 Å². The average molecular weight is 464 g/mol. The number of sulfonamides is 1. The van der Waals surface area contributed by atoms with Gasteiger partial charge >= 0.3 is 0 Å². The zero-order chi connectivity index (χ0) is 21.7. The smallest absolute Gasteiger partial charge is 0.257 e. The number of amides is 1. The van der Waals surface area contributed by atoms with Gasteiger partial charge in [-0.15, -0.1) is 16.2 Å². The van der Waals surface area contributed by atoms with Crippen LogP contribution < -0.4 is 4.83 Å². The molecule has 2 heterocycles. The molecule has 3 aromatic rings. The van der Waals surface area contributed by atoms with Crippen LogP contribution in [0.25, 0.3) is 10.8 Å². The summed E-state index contributed by atoms with van der Waals surface area (Å²) >= 11 is 7.44. The summed E-state index contributed by atoms with van der Waals surface area (Å²) in [5.41, 5.74) is 0.837. The van der Waals surface area contributed by atoms with Crippen molar-refractivity contribution in [3.8, 4) is 0 Å². The van der Waals surface area contributed by atoms with Crippen LogP contribution in [0.1, 0.15) is 43.8 Å². The second kappa shape index (κ2) is 7.60. The molecule has 0 aliphatic carbocycles. The number of fused-ring (bicyclic) bond motifs is 1. The average Bonchev–Trinajstić information content (AvgIpc) is 3.28. The van der Waals surface area contributed by atoms with Crippen LogP contribution >= 0.6 is 22.9 Å². The Labute approximate surface area is 184 Å². The maximum atomic E-state index is 12.9. The van der Waals surface area contributed by atoms with Gasteiger partial charge in [0, 0.05) is 22.4 Å². The number of hydrogen-bond donors (Lipinski definition) is 1. The van der Waals surface area contributed by atoms with Crippen molar-refractivity contribution in [2.75, 3.05) is 6.54 Å². The number of carbonyl (C=O) groups is 1. The van der Waals surface area contributed by atoms with Gasteiger partial charge in [-0.1, -0.05) is 44.5 Å². The molecule has 4 rings (SSSR count). The minimum Gasteiger partial charge on any atom is -0.273 e. The number of aromatic nitrogens is 1. The van der Waals surface area contributed by atoms with Gasteiger partial charge in [-0.05, 0) is 41.5 Å². The molecule has 1 amide bonds. The maximum Gasteiger partial charge on any atom is 0.257 e. The molecule has 0 bridgehead atoms. The summed E-state index contributed by atoms with van der Waals surface area (Å²) in [5, 5.41) is 6.07. The van der Waals surface area contributed by atoms with E-state index in [1.165, 1.54) is 22.4 Å². The van der Waals surface area contributed by atoms with Crippen molar-refractivity contribution >= 4 is 49.6 Å². The highest BCUT2D eigenvalue weighted by Gasteiger charge is 2.37. The van der Waals surface area contributed by atoms with Crippen LogP contribution in [0.5, 0.6) is 0 Å². The number of nitrogens with zero attached hydrogens (tertiary/aromatic N) is 2. The van der Waals surface area contributed by atoms with E-state index in [1.807, 2.05) is 5.38 Å². The number of thiazole rings is 1. The third kappa shape index (κ3) is 4.09. The molecular formula is C21H22ClN3O3S2. The molecule has 1 N–H and O–H groups in total. The third-order valence-electron chi connectivity index (χ3n) is 5.11. The van der Waals surface area contributed by atoms with Crippen molar-refractivity contribution in [1.29, 1.82) is 0 Å². The first kappa shape index (κ1) is 21.2. The highest BCUT2D eigenvalue weighted by molar-refractivity contribution is 7.89. The lowest BCUT2D eigenvalue weighted by atomic mass is 9.93. The Hall–Kier alpha value is -2.00. The molecule has 0 radical (unpaired) electrons. The van der Waals surface area contributed by atoms with E-state index in [9.17, 15) is 13.2 Å². The lowest BCUT2D eigenvalue weighted by molar-refractivity contribution is -0.130. The summed E-state index contributed by atoms with van der Waals surface area (Å²) in [5.74, 6) is -0.700. The van der Waals surface area contributed by atoms with Crippen molar-refractivity contribution in [1.82, 2.24) is 14.8 Å². The van der Waals surface area contributed by atoms with E-state index >= 15 is 0 Å². The minimum absolute atomic E-state index is 0.0952. The molecule has 1 fully saturated rings. The second-order valence-electron chi connectivity index (χ2n) is 8.40. The standard InChI is InChI=1S/C21H22ClN3O3S2/c1-21(2,3)18-12-29-19(23-18)17-8-9-25(20(17)26)24-30(27,28)16-7-5-13-10-15(22)6-4-14(13)11-16/h4-7,10-12,17,24H,8-9H2,1-3H3/t17-/m1/s1. The van der Waals surface area contributed by atoms with E-state index in [0.717, 1.165) is 21.5 Å². The largest absolute Gasteiger partial charge is 0.273 e. The van der Waals surface area contributed by atoms with E-state index in [-0.39, 0.29) is 16.2 Å². The number of hydrogen-bond acceptors (Lipinski definition) is 5. The molecular weight excluding hydrogens is 442 g/mol. The van der Waals surface area contributed by atoms with Crippen LogP contribution in [-0.2, 0) is 20.2 Å². The highest BCUT2D eigenvalue weighted by atomic mass is 35.5. The monoisotopic (exact) mass is 463 g/mol. The molecule has 1 atom stereocenters. The van der Waals surface area contributed by atoms with Crippen LogP contribution in [0.15, 0.2) is 46.7 Å². The van der Waals surface area contributed by atoms with E-state index in [4.69, 9.17) is 11.6 Å². The third-order valence-corrected chi connectivity index (χ3v) is 7.64. The number of carbonyl (C=O) groups excluding carboxylic acids is 1. The summed E-state index contributed by atoms with van der Waals surface area (Å²) in [6.45, 7) is 6.51. The van der Waals surface area contributed by atoms with Gasteiger partial charge in [-0.3, -0.25) is 9.80 Å². The number of halogens is 1. The van der Waals surface area contributed by atoms with Crippen molar-refractivity contribution in [2.45, 2.75) is 43.4 Å². The van der Waals surface area contributed by atoms with Crippen LogP contribution in [0.2, 0.25) is 5.02 Å². The Bertz CT molecular complexity index is 1230. The minimum atomic E-state index is -3.90. The van der Waals surface area contributed by atoms with Gasteiger partial charge in [0.2, 0.25) is 5.91 Å². The Morgan fingerprint density at radius 3 is 2.57 bits per heavy atom. The zero-order valence-electron chi connectivity index (χ0n) is 16.8. The Morgan fingerprint density at radius 2 is 1.87 bits per heavy atom. The van der Waals surface area contributed by atoms with Gasteiger partial charge in [0.1, 0.15) is 5.01 Å². The first-order chi connectivity index (χ1) is 14.0. The molecule has 2 aromatic carbocycles. The highest BCUT2D eigenvalue weighted by Crippen LogP contribution is 2.33. The molecule has 1 aromatic heterocycles. The van der Waals surface area contributed by atoms with Gasteiger partial charge < -0.3 is 0 Å². The quantitative estimate of drug-likeness (QED) is 0.619. The van der Waals surface area contributed by atoms with Crippen molar-refractivity contribution in [2.24, 2.45) is 0 Å². The molecule has 0 spiro atoms. The van der Waals surface area contributed by atoms with E-state index in [1.54, 1.807) is 30.3 Å². The van der Waals surface area contributed by atoms with E-state index < -0.39 is 15.9 Å². The predicted octanol–water partition coefficient (Wildman–Crippen LogP) is 4.46. The second-order valence-corrected chi connectivity index (χ2v) is 11.4. The zero-order valence-corrected chi connectivity index (χ0v) is 19.2. The molecule has 6 nitrogen and oxygen atoms in total. The normalized spacial score (nSPS) is 17.8. The summed E-state index contributed by atoms with van der Waals surface area (Å²) in [6, 6.07) is 10.0. The molecule has 158 valence electrons. The van der Waals surface area contributed by atoms with Gasteiger partial charge in [-0.2, -0.15) is 0 Å². The lowest BCUT2D eigenvalue weighted by Gasteiger charge is -2.18. The van der Waals surface area contributed by atoms with Gasteiger partial charge in [0.05, 0.1) is 16.5 Å². The van der Waals surface area contributed by atoms with Crippen LogP contribution in [0.4, 0.5) is 0 Å². The van der Waals surface area contributed by atoms with Gasteiger partial charge in [0.25, 0.3) is 10.0 Å². The summed E-state index contributed by atoms with van der Waals surface area (Å²) in [6.07, 6.45) is 0.522. The Kier molecular flexibility index (Phi) is 5.38. The molecule has 0 saturated carbocycles. The molecule has 9 heteroatoms. The van der Waals surface area contributed by atoms with Crippen molar-refractivity contribution < 1.29 is 13.2 Å². The molecule has 0 unspecified atom stereocenters. The first-order valence-corrected chi connectivity index (χ1v) is 12.3. The summed E-state index contributed by atoms with van der Waals surface area (Å²) in [7, 11) is -3.90. The van der Waals surface area contributed by atoms with Crippen molar-refractivity contribution in [3.63, 3.8) is 0 Å². The molecule has 1 aliphatic rings. The number of benzene rings is 2. The summed E-state index contributed by atoms with van der Waals surface area (Å²) in [4.78, 5) is 20.0. The lowest BCUT2D eigenvalue weighted by Crippen LogP contribution is -2.43. The Morgan fingerprint density at radius 1 is 1.17 bits per heavy atom. The number of rotatable bonds is 4. The fourth-order valence-electron chi connectivity index (χ4n) is 3.35. The van der Waals surface area contributed by atoms with Crippen LogP contribution in [0.3, 0.4) is 0 Å².